The first-order chi connectivity index (χ1) is 7.89. The molecule has 0 amide bonds. The van der Waals surface area contributed by atoms with E-state index in [9.17, 15) is 13.2 Å². The summed E-state index contributed by atoms with van der Waals surface area (Å²) in [5.41, 5.74) is 6.72. The third kappa shape index (κ3) is 2.40. The number of nitrogen functional groups attached to an aromatic ring is 1. The highest BCUT2D eigenvalue weighted by molar-refractivity contribution is 7.15. The largest absolute Gasteiger partial charge is 0.416 e. The molecule has 1 nitrogen and oxygen atoms in total. The summed E-state index contributed by atoms with van der Waals surface area (Å²) in [5, 5.41) is 1.72. The molecule has 0 atom stereocenters. The number of hydrogen-bond acceptors (Lipinski definition) is 2. The molecular formula is C11H7ClF3NS. The molecule has 2 N–H and O–H groups in total. The van der Waals surface area contributed by atoms with E-state index in [0.29, 0.717) is 21.2 Å². The molecule has 0 aliphatic carbocycles. The highest BCUT2D eigenvalue weighted by atomic mass is 35.5. The predicted octanol–water partition coefficient (Wildman–Crippen LogP) is 4.67. The van der Waals surface area contributed by atoms with Crippen molar-refractivity contribution in [3.8, 4) is 11.1 Å². The quantitative estimate of drug-likeness (QED) is 0.805. The molecule has 6 heteroatoms. The number of anilines is 1. The first-order valence-electron chi connectivity index (χ1n) is 4.59. The minimum Gasteiger partial charge on any atom is -0.396 e. The van der Waals surface area contributed by atoms with Crippen molar-refractivity contribution in [2.24, 2.45) is 0 Å². The Hall–Kier alpha value is -1.20. The van der Waals surface area contributed by atoms with Gasteiger partial charge in [0.1, 0.15) is 4.34 Å². The van der Waals surface area contributed by atoms with Crippen LogP contribution in [-0.4, -0.2) is 0 Å². The van der Waals surface area contributed by atoms with Crippen molar-refractivity contribution in [3.05, 3.63) is 39.5 Å². The van der Waals surface area contributed by atoms with E-state index in [0.717, 1.165) is 12.1 Å². The topological polar surface area (TPSA) is 26.0 Å². The second-order valence-electron chi connectivity index (χ2n) is 3.41. The molecule has 0 bridgehead atoms. The van der Waals surface area contributed by atoms with Crippen LogP contribution in [0.4, 0.5) is 18.9 Å². The van der Waals surface area contributed by atoms with Gasteiger partial charge in [-0.3, -0.25) is 0 Å². The molecule has 0 unspecified atom stereocenters. The van der Waals surface area contributed by atoms with Crippen LogP contribution in [0.15, 0.2) is 29.6 Å². The van der Waals surface area contributed by atoms with E-state index in [1.54, 1.807) is 5.38 Å². The average molecular weight is 278 g/mol. The average Bonchev–Trinajstić information content (AvgIpc) is 2.59. The van der Waals surface area contributed by atoms with Gasteiger partial charge in [0.25, 0.3) is 0 Å². The summed E-state index contributed by atoms with van der Waals surface area (Å²) in [4.78, 5) is 0. The number of thiophene rings is 1. The van der Waals surface area contributed by atoms with Crippen molar-refractivity contribution in [1.82, 2.24) is 0 Å². The van der Waals surface area contributed by atoms with Gasteiger partial charge in [0, 0.05) is 10.9 Å². The fourth-order valence-corrected chi connectivity index (χ4v) is 2.36. The zero-order valence-corrected chi connectivity index (χ0v) is 9.96. The third-order valence-electron chi connectivity index (χ3n) is 2.31. The number of hydrogen-bond donors (Lipinski definition) is 1. The minimum atomic E-state index is -4.32. The lowest BCUT2D eigenvalue weighted by Crippen LogP contribution is -2.04. The third-order valence-corrected chi connectivity index (χ3v) is 3.56. The Kier molecular flexibility index (Phi) is 3.05. The zero-order valence-electron chi connectivity index (χ0n) is 8.38. The summed E-state index contributed by atoms with van der Waals surface area (Å²) in [6.45, 7) is 0. The Balaban J connectivity index is 2.40. The van der Waals surface area contributed by atoms with Crippen LogP contribution in [0.5, 0.6) is 0 Å². The Morgan fingerprint density at radius 1 is 1.12 bits per heavy atom. The predicted molar refractivity (Wildman–Crippen MR) is 64.2 cm³/mol. The van der Waals surface area contributed by atoms with Gasteiger partial charge < -0.3 is 5.73 Å². The summed E-state index contributed by atoms with van der Waals surface area (Å²) in [7, 11) is 0. The van der Waals surface area contributed by atoms with Gasteiger partial charge in [0.15, 0.2) is 0 Å². The molecule has 17 heavy (non-hydrogen) atoms. The fraction of sp³-hybridized carbons (Fsp3) is 0.0909. The number of alkyl halides is 3. The Labute approximate surface area is 105 Å². The lowest BCUT2D eigenvalue weighted by molar-refractivity contribution is -0.137. The summed E-state index contributed by atoms with van der Waals surface area (Å²) < 4.78 is 37.5. The van der Waals surface area contributed by atoms with E-state index in [1.807, 2.05) is 0 Å². The molecular weight excluding hydrogens is 271 g/mol. The maximum atomic E-state index is 12.4. The van der Waals surface area contributed by atoms with E-state index in [-0.39, 0.29) is 0 Å². The van der Waals surface area contributed by atoms with E-state index >= 15 is 0 Å². The van der Waals surface area contributed by atoms with Crippen molar-refractivity contribution >= 4 is 28.6 Å². The summed E-state index contributed by atoms with van der Waals surface area (Å²) >= 11 is 7.05. The van der Waals surface area contributed by atoms with Crippen molar-refractivity contribution in [2.45, 2.75) is 6.18 Å². The van der Waals surface area contributed by atoms with Crippen LogP contribution in [0.1, 0.15) is 5.56 Å². The Morgan fingerprint density at radius 3 is 2.12 bits per heavy atom. The molecule has 90 valence electrons. The first-order valence-corrected chi connectivity index (χ1v) is 5.85. The van der Waals surface area contributed by atoms with Crippen molar-refractivity contribution in [2.75, 3.05) is 5.73 Å². The second kappa shape index (κ2) is 4.23. The number of rotatable bonds is 1. The van der Waals surface area contributed by atoms with Gasteiger partial charge in [-0.15, -0.1) is 11.3 Å². The molecule has 1 aromatic carbocycles. The van der Waals surface area contributed by atoms with E-state index in [1.165, 1.54) is 23.5 Å². The fourth-order valence-electron chi connectivity index (χ4n) is 1.41. The van der Waals surface area contributed by atoms with E-state index in [2.05, 4.69) is 0 Å². The summed E-state index contributed by atoms with van der Waals surface area (Å²) in [6.07, 6.45) is -4.32. The first kappa shape index (κ1) is 12.3. The van der Waals surface area contributed by atoms with Crippen LogP contribution in [-0.2, 0) is 6.18 Å². The van der Waals surface area contributed by atoms with Crippen molar-refractivity contribution in [3.63, 3.8) is 0 Å². The maximum absolute atomic E-state index is 12.4. The molecule has 2 rings (SSSR count). The van der Waals surface area contributed by atoms with Gasteiger partial charge >= 0.3 is 6.18 Å². The molecule has 0 saturated heterocycles. The lowest BCUT2D eigenvalue weighted by atomic mass is 10.1. The van der Waals surface area contributed by atoms with E-state index < -0.39 is 11.7 Å². The van der Waals surface area contributed by atoms with Crippen LogP contribution >= 0.6 is 22.9 Å². The molecule has 2 aromatic rings. The summed E-state index contributed by atoms with van der Waals surface area (Å²) in [6, 6.07) is 4.83. The minimum absolute atomic E-state index is 0.399. The van der Waals surface area contributed by atoms with Crippen molar-refractivity contribution in [1.29, 1.82) is 0 Å². The monoisotopic (exact) mass is 277 g/mol. The smallest absolute Gasteiger partial charge is 0.396 e. The molecule has 0 aliphatic heterocycles. The van der Waals surface area contributed by atoms with Crippen LogP contribution in [0.25, 0.3) is 11.1 Å². The van der Waals surface area contributed by atoms with Gasteiger partial charge in [0.2, 0.25) is 0 Å². The van der Waals surface area contributed by atoms with Gasteiger partial charge in [-0.05, 0) is 17.7 Å². The van der Waals surface area contributed by atoms with Crippen LogP contribution in [0.3, 0.4) is 0 Å². The molecule has 0 fully saturated rings. The normalized spacial score (nSPS) is 11.8. The maximum Gasteiger partial charge on any atom is 0.416 e. The van der Waals surface area contributed by atoms with Crippen LogP contribution < -0.4 is 5.73 Å². The lowest BCUT2D eigenvalue weighted by Gasteiger charge is -2.07. The Bertz CT molecular complexity index is 531. The molecule has 0 saturated carbocycles. The second-order valence-corrected chi connectivity index (χ2v) is 4.89. The van der Waals surface area contributed by atoms with Gasteiger partial charge in [-0.25, -0.2) is 0 Å². The zero-order chi connectivity index (χ0) is 12.6. The summed E-state index contributed by atoms with van der Waals surface area (Å²) in [5.74, 6) is 0. The highest BCUT2D eigenvalue weighted by Gasteiger charge is 2.30. The number of benzene rings is 1. The molecule has 0 spiro atoms. The molecule has 1 heterocycles. The number of nitrogens with two attached hydrogens (primary N) is 1. The SMILES string of the molecule is Nc1c(-c2ccc(C(F)(F)F)cc2)csc1Cl. The van der Waals surface area contributed by atoms with Gasteiger partial charge in [-0.1, -0.05) is 23.7 Å². The Morgan fingerprint density at radius 2 is 1.71 bits per heavy atom. The van der Waals surface area contributed by atoms with Gasteiger partial charge in [0.05, 0.1) is 11.3 Å². The van der Waals surface area contributed by atoms with E-state index in [4.69, 9.17) is 17.3 Å². The molecule has 1 aromatic heterocycles. The molecule has 0 aliphatic rings. The van der Waals surface area contributed by atoms with Crippen molar-refractivity contribution < 1.29 is 13.2 Å². The van der Waals surface area contributed by atoms with Crippen LogP contribution in [0.2, 0.25) is 4.34 Å². The van der Waals surface area contributed by atoms with Crippen LogP contribution in [0, 0.1) is 0 Å². The standard InChI is InChI=1S/C11H7ClF3NS/c12-10-9(16)8(5-17-10)6-1-3-7(4-2-6)11(13,14)15/h1-5H,16H2. The molecule has 0 radical (unpaired) electrons. The number of halogens is 4. The van der Waals surface area contributed by atoms with Gasteiger partial charge in [-0.2, -0.15) is 13.2 Å². The highest BCUT2D eigenvalue weighted by Crippen LogP contribution is 2.38.